The molecule has 816 valence electrons. The van der Waals surface area contributed by atoms with Crippen molar-refractivity contribution < 1.29 is 81.8 Å². The molecular formula is C92H185N31O17S. The highest BCUT2D eigenvalue weighted by molar-refractivity contribution is 7.80. The van der Waals surface area contributed by atoms with Gasteiger partial charge >= 0.3 is 5.97 Å². The molecule has 16 atom stereocenters. The van der Waals surface area contributed by atoms with Gasteiger partial charge in [0.15, 0.2) is 0 Å². The summed E-state index contributed by atoms with van der Waals surface area (Å²) in [7, 11) is 0. The lowest BCUT2D eigenvalue weighted by atomic mass is 10.0. The molecule has 0 rings (SSSR count). The number of thiol groups is 1. The zero-order valence-corrected chi connectivity index (χ0v) is 84.7. The second-order valence-electron chi connectivity index (χ2n) is 36.3. The lowest BCUT2D eigenvalue weighted by Gasteiger charge is -2.27. The molecule has 0 bridgehead atoms. The Hall–Kier alpha value is -8.77. The van der Waals surface area contributed by atoms with Gasteiger partial charge in [0, 0.05) is 51.6 Å². The number of nitrogens with one attached hydrogen (secondary N) is 15. The number of carboxylic acids is 1. The average Bonchev–Trinajstić information content (AvgIpc) is 0.880. The van der Waals surface area contributed by atoms with E-state index in [0.717, 1.165) is 0 Å². The normalized spacial score (nSPS) is 14.7. The molecule has 0 aliphatic carbocycles. The molecule has 0 saturated carbocycles. The Balaban J connectivity index is 7.88. The molecule has 48 nitrogen and oxygen atoms in total. The van der Waals surface area contributed by atoms with Crippen LogP contribution in [0.5, 0.6) is 0 Å². The number of carboxylic acid groups (broad SMARTS) is 1. The minimum absolute atomic E-state index is 0.00457. The Kier molecular flexibility index (Phi) is 79.3. The summed E-state index contributed by atoms with van der Waals surface area (Å²) in [4.78, 5) is 221. The molecule has 49 heteroatoms. The van der Waals surface area contributed by atoms with E-state index in [2.05, 4.69) is 92.4 Å². The summed E-state index contributed by atoms with van der Waals surface area (Å²) in [6, 6.07) is -18.1. The van der Waals surface area contributed by atoms with Crippen LogP contribution in [0.1, 0.15) is 283 Å². The first-order chi connectivity index (χ1) is 67.6. The standard InChI is InChI=1S/C92H185N31O17S/c93-45-15-1-30-61(101)77(124)109-53-23-9-38-69(116-81(128)65(105)34-5-19-49-97)85(132)113-56-26-11-40-71(120-88(135)72(118-83(130)67(107)36-7-21-51-99)41-12-25-55-111-79(126)63(103)32-3-17-47-95)87(134)115-58-28-14-43-74(91(138)123-76(60-141)92(139)140)122-89(136)73(121-90(137)75(119-84(131)68(108)37-8-22-52-100)44-29-59-112-80(127)64(104)33-4-18-48-96)42-13-27-57-114-86(133)70(117-82(129)66(106)35-6-20-50-98)39-10-24-54-110-78(125)62(102)31-2-16-46-94/h61-76,141H,1-60,93-108H2,(H,109,124)(H,110,125)(H,111,126)(H,112,127)(H,113,132)(H,114,133)(H,115,134)(H,116,128)(H,117,129)(H,118,130)(H,119,131)(H,120,135)(H,121,137)(H,122,136)(H,123,138)(H,139,140). The van der Waals surface area contributed by atoms with Crippen LogP contribution in [-0.2, 0) is 76.7 Å². The van der Waals surface area contributed by atoms with E-state index in [-0.39, 0.29) is 179 Å². The first-order valence-electron chi connectivity index (χ1n) is 51.4. The highest BCUT2D eigenvalue weighted by Gasteiger charge is 2.35. The molecule has 0 spiro atoms. The van der Waals surface area contributed by atoms with Gasteiger partial charge in [-0.3, -0.25) is 71.9 Å². The number of carbonyl (C=O) groups is 16. The quantitative estimate of drug-likeness (QED) is 0.0199. The SMILES string of the molecule is NCCCCC(N)C(=O)NCCCCC(NC(=O)C(N)CCCCN)C(=O)NCCCCC(NC(=O)C(CCCCNC(=O)C(N)CCCCN)NC(=O)C(N)CCCCN)C(=O)NCCCCC(NC(=O)C(CCCCNC(=O)C(CCCCNC(=O)C(N)CCCCN)NC(=O)C(N)CCCCN)NC(=O)C(CCCNC(=O)C(N)CCCCN)NC(=O)C(N)CCCCN)C(=O)NC(CS)C(=O)O. The summed E-state index contributed by atoms with van der Waals surface area (Å²) in [5.41, 5.74) is 95.0. The Morgan fingerprint density at radius 3 is 0.475 bits per heavy atom. The number of hydrogen-bond acceptors (Lipinski definition) is 33. The van der Waals surface area contributed by atoms with Gasteiger partial charge in [0.25, 0.3) is 0 Å². The third kappa shape index (κ3) is 64.6. The molecule has 48 N–H and O–H groups in total. The number of hydrogen-bond donors (Lipinski definition) is 33. The molecule has 0 aliphatic rings. The van der Waals surface area contributed by atoms with Gasteiger partial charge in [-0.15, -0.1) is 0 Å². The van der Waals surface area contributed by atoms with Gasteiger partial charge in [-0.05, 0) is 284 Å². The molecule has 0 aromatic heterocycles. The van der Waals surface area contributed by atoms with E-state index in [0.29, 0.717) is 219 Å². The second-order valence-corrected chi connectivity index (χ2v) is 36.7. The predicted octanol–water partition coefficient (Wildman–Crippen LogP) is -6.85. The van der Waals surface area contributed by atoms with Crippen molar-refractivity contribution in [2.24, 2.45) is 91.7 Å². The minimum Gasteiger partial charge on any atom is -0.480 e. The fraction of sp³-hybridized carbons (Fsp3) is 0.826. The zero-order valence-electron chi connectivity index (χ0n) is 83.8. The first kappa shape index (κ1) is 132. The number of carbonyl (C=O) groups excluding carboxylic acids is 15. The molecule has 0 heterocycles. The van der Waals surface area contributed by atoms with Gasteiger partial charge in [-0.25, -0.2) is 4.79 Å². The van der Waals surface area contributed by atoms with Crippen molar-refractivity contribution in [3.8, 4) is 0 Å². The Morgan fingerprint density at radius 2 is 0.305 bits per heavy atom. The molecule has 0 aromatic rings. The van der Waals surface area contributed by atoms with Crippen LogP contribution in [0, 0.1) is 0 Å². The van der Waals surface area contributed by atoms with E-state index < -0.39 is 179 Å². The minimum atomic E-state index is -1.59. The third-order valence-corrected chi connectivity index (χ3v) is 24.3. The smallest absolute Gasteiger partial charge is 0.327 e. The summed E-state index contributed by atoms with van der Waals surface area (Å²) < 4.78 is 0. The first-order valence-corrected chi connectivity index (χ1v) is 52.1. The number of rotatable bonds is 91. The summed E-state index contributed by atoms with van der Waals surface area (Å²) in [5, 5.41) is 51.5. The van der Waals surface area contributed by atoms with Gasteiger partial charge in [0.2, 0.25) is 88.6 Å². The molecule has 0 radical (unpaired) electrons. The van der Waals surface area contributed by atoms with Crippen LogP contribution in [0.4, 0.5) is 0 Å². The van der Waals surface area contributed by atoms with Crippen molar-refractivity contribution in [3.63, 3.8) is 0 Å². The maximum Gasteiger partial charge on any atom is 0.327 e. The fourth-order valence-electron chi connectivity index (χ4n) is 14.9. The highest BCUT2D eigenvalue weighted by atomic mass is 32.1. The maximum atomic E-state index is 15.2. The van der Waals surface area contributed by atoms with Crippen molar-refractivity contribution in [2.75, 3.05) is 104 Å². The van der Waals surface area contributed by atoms with Gasteiger partial charge < -0.3 is 177 Å². The van der Waals surface area contributed by atoms with Crippen LogP contribution in [0.25, 0.3) is 0 Å². The van der Waals surface area contributed by atoms with E-state index in [1.165, 1.54) is 0 Å². The summed E-state index contributed by atoms with van der Waals surface area (Å²) in [6.45, 7) is 3.65. The van der Waals surface area contributed by atoms with Crippen molar-refractivity contribution in [2.45, 2.75) is 379 Å². The molecule has 141 heavy (non-hydrogen) atoms. The van der Waals surface area contributed by atoms with Crippen molar-refractivity contribution in [3.05, 3.63) is 0 Å². The predicted molar refractivity (Wildman–Crippen MR) is 547 cm³/mol. The molecule has 0 aromatic carbocycles. The third-order valence-electron chi connectivity index (χ3n) is 24.0. The van der Waals surface area contributed by atoms with Gasteiger partial charge in [0.1, 0.15) is 48.3 Å². The second kappa shape index (κ2) is 84.6. The number of aliphatic carboxylic acids is 1. The lowest BCUT2D eigenvalue weighted by Crippen LogP contribution is -2.58. The van der Waals surface area contributed by atoms with Crippen molar-refractivity contribution in [1.29, 1.82) is 0 Å². The number of amides is 15. The lowest BCUT2D eigenvalue weighted by molar-refractivity contribution is -0.141. The molecular weight excluding hydrogens is 1840 g/mol. The summed E-state index contributed by atoms with van der Waals surface area (Å²) in [6.07, 6.45) is 15.0. The number of unbranched alkanes of at least 4 members (excludes halogenated alkanes) is 14. The average molecular weight is 2030 g/mol. The molecule has 16 unspecified atom stereocenters. The Bertz CT molecular complexity index is 3520. The maximum absolute atomic E-state index is 15.2. The van der Waals surface area contributed by atoms with E-state index >= 15 is 4.79 Å². The largest absolute Gasteiger partial charge is 0.480 e. The van der Waals surface area contributed by atoms with Crippen LogP contribution >= 0.6 is 12.6 Å². The Morgan fingerprint density at radius 1 is 0.170 bits per heavy atom. The van der Waals surface area contributed by atoms with E-state index in [9.17, 15) is 77.0 Å². The fourth-order valence-corrected chi connectivity index (χ4v) is 15.2. The van der Waals surface area contributed by atoms with Crippen molar-refractivity contribution >= 4 is 107 Å². The monoisotopic (exact) mass is 2030 g/mol. The van der Waals surface area contributed by atoms with Gasteiger partial charge in [0.05, 0.1) is 48.3 Å². The van der Waals surface area contributed by atoms with E-state index in [4.69, 9.17) is 91.7 Å². The molecule has 15 amide bonds. The van der Waals surface area contributed by atoms with Gasteiger partial charge in [-0.1, -0.05) is 51.4 Å². The Labute approximate surface area is 839 Å². The van der Waals surface area contributed by atoms with E-state index in [1.807, 2.05) is 0 Å². The summed E-state index contributed by atoms with van der Waals surface area (Å²) >= 11 is 4.15. The van der Waals surface area contributed by atoms with E-state index in [1.54, 1.807) is 0 Å². The topological polar surface area (TPSA) is 890 Å². The van der Waals surface area contributed by atoms with Crippen molar-refractivity contribution in [1.82, 2.24) is 79.8 Å². The van der Waals surface area contributed by atoms with Gasteiger partial charge in [-0.2, -0.15) is 12.6 Å². The summed E-state index contributed by atoms with van der Waals surface area (Å²) in [5.74, 6) is -11.4. The zero-order chi connectivity index (χ0) is 106. The van der Waals surface area contributed by atoms with Crippen LogP contribution in [-0.4, -0.2) is 300 Å². The van der Waals surface area contributed by atoms with Crippen LogP contribution in [0.3, 0.4) is 0 Å². The highest BCUT2D eigenvalue weighted by Crippen LogP contribution is 2.16. The van der Waals surface area contributed by atoms with Crippen LogP contribution in [0.2, 0.25) is 0 Å². The van der Waals surface area contributed by atoms with Crippen LogP contribution in [0.15, 0.2) is 0 Å². The molecule has 0 aliphatic heterocycles. The molecule has 0 saturated heterocycles. The molecule has 0 fully saturated rings. The number of nitrogens with two attached hydrogens (primary N) is 16. The van der Waals surface area contributed by atoms with Crippen LogP contribution < -0.4 is 171 Å².